The van der Waals surface area contributed by atoms with Crippen LogP contribution in [0.15, 0.2) is 78.3 Å². The van der Waals surface area contributed by atoms with Crippen molar-refractivity contribution in [2.75, 3.05) is 12.4 Å². The fourth-order valence-corrected chi connectivity index (χ4v) is 3.59. The van der Waals surface area contributed by atoms with Gasteiger partial charge in [0, 0.05) is 37.0 Å². The average Bonchev–Trinajstić information content (AvgIpc) is 2.77. The second kappa shape index (κ2) is 13.3. The summed E-state index contributed by atoms with van der Waals surface area (Å²) in [4.78, 5) is 15.0. The molecule has 2 aromatic carbocycles. The van der Waals surface area contributed by atoms with Crippen LogP contribution in [-0.2, 0) is 4.79 Å². The lowest BCUT2D eigenvalue weighted by Crippen LogP contribution is -2.15. The molecule has 0 radical (unpaired) electrons. The summed E-state index contributed by atoms with van der Waals surface area (Å²) in [5.41, 5.74) is 4.39. The largest absolute Gasteiger partial charge is 0.356 e. The quantitative estimate of drug-likeness (QED) is 0.220. The number of hydrogen-bond donors (Lipinski definition) is 1. The highest BCUT2D eigenvalue weighted by molar-refractivity contribution is 5.71. The Bertz CT molecular complexity index is 822. The topological polar surface area (TPSA) is 41.5 Å². The first kappa shape index (κ1) is 23.3. The number of carbonyl (C=O) groups is 1. The number of para-hydroxylation sites is 1. The van der Waals surface area contributed by atoms with Gasteiger partial charge in [-0.3, -0.25) is 0 Å². The lowest BCUT2D eigenvalue weighted by Gasteiger charge is -2.22. The molecule has 2 unspecified atom stereocenters. The standard InChI is InChI=1S/C27H34N2O/c1-4-5-11-24(12-9-10-19-30)25(21-28-3)20-22(2)23-15-17-27(18-16-23)29-26-13-7-6-8-14-26/h6-9,12-19,21,24-25,29H,2,4-5,10-11,20H2,1,3H3/b12-9-,28-21+. The lowest BCUT2D eigenvalue weighted by atomic mass is 9.82. The highest BCUT2D eigenvalue weighted by Crippen LogP contribution is 2.30. The molecular formula is C27H34N2O. The smallest absolute Gasteiger partial charge is 0.123 e. The molecular weight excluding hydrogens is 368 g/mol. The first-order valence-corrected chi connectivity index (χ1v) is 10.8. The van der Waals surface area contributed by atoms with Crippen molar-refractivity contribution in [3.8, 4) is 0 Å². The van der Waals surface area contributed by atoms with Gasteiger partial charge in [0.15, 0.2) is 0 Å². The third-order valence-electron chi connectivity index (χ3n) is 5.23. The molecule has 2 aromatic rings. The Morgan fingerprint density at radius 2 is 1.77 bits per heavy atom. The van der Waals surface area contributed by atoms with E-state index < -0.39 is 0 Å². The number of aldehydes is 1. The summed E-state index contributed by atoms with van der Waals surface area (Å²) in [6.07, 6.45) is 11.9. The van der Waals surface area contributed by atoms with Crippen LogP contribution in [0.4, 0.5) is 11.4 Å². The highest BCUT2D eigenvalue weighted by Gasteiger charge is 2.18. The molecule has 30 heavy (non-hydrogen) atoms. The van der Waals surface area contributed by atoms with E-state index in [-0.39, 0.29) is 5.92 Å². The Kier molecular flexibility index (Phi) is 10.4. The monoisotopic (exact) mass is 402 g/mol. The van der Waals surface area contributed by atoms with Crippen molar-refractivity contribution in [1.29, 1.82) is 0 Å². The molecule has 0 amide bonds. The Labute approximate surface area is 181 Å². The summed E-state index contributed by atoms with van der Waals surface area (Å²) in [5, 5.41) is 3.41. The molecule has 0 aliphatic heterocycles. The minimum atomic E-state index is 0.277. The van der Waals surface area contributed by atoms with Crippen molar-refractivity contribution < 1.29 is 4.79 Å². The number of unbranched alkanes of at least 4 members (excludes halogenated alkanes) is 1. The maximum atomic E-state index is 10.7. The van der Waals surface area contributed by atoms with E-state index in [1.54, 1.807) is 0 Å². The van der Waals surface area contributed by atoms with E-state index in [4.69, 9.17) is 0 Å². The zero-order valence-electron chi connectivity index (χ0n) is 18.3. The first-order chi connectivity index (χ1) is 14.7. The van der Waals surface area contributed by atoms with E-state index in [1.807, 2.05) is 37.5 Å². The van der Waals surface area contributed by atoms with Gasteiger partial charge in [0.1, 0.15) is 6.29 Å². The van der Waals surface area contributed by atoms with Crippen LogP contribution in [0.5, 0.6) is 0 Å². The molecule has 0 saturated heterocycles. The summed E-state index contributed by atoms with van der Waals surface area (Å²) in [6.45, 7) is 6.56. The van der Waals surface area contributed by atoms with Crippen LogP contribution in [0.3, 0.4) is 0 Å². The van der Waals surface area contributed by atoms with Crippen LogP contribution < -0.4 is 5.32 Å². The number of carbonyl (C=O) groups excluding carboxylic acids is 1. The molecule has 0 aromatic heterocycles. The molecule has 158 valence electrons. The molecule has 0 aliphatic carbocycles. The molecule has 0 saturated carbocycles. The summed E-state index contributed by atoms with van der Waals surface area (Å²) >= 11 is 0. The molecule has 0 bridgehead atoms. The fourth-order valence-electron chi connectivity index (χ4n) is 3.59. The van der Waals surface area contributed by atoms with Crippen LogP contribution in [0.2, 0.25) is 0 Å². The van der Waals surface area contributed by atoms with Gasteiger partial charge in [0.25, 0.3) is 0 Å². The molecule has 0 spiro atoms. The molecule has 0 aliphatic rings. The Morgan fingerprint density at radius 3 is 2.40 bits per heavy atom. The van der Waals surface area contributed by atoms with Crippen LogP contribution in [0.1, 0.15) is 44.6 Å². The number of rotatable bonds is 13. The number of anilines is 2. The van der Waals surface area contributed by atoms with Crippen molar-refractivity contribution in [2.45, 2.75) is 39.0 Å². The molecule has 3 heteroatoms. The number of nitrogens with one attached hydrogen (secondary N) is 1. The van der Waals surface area contributed by atoms with Gasteiger partial charge in [-0.25, -0.2) is 0 Å². The number of aliphatic imine (C=N–C) groups is 1. The summed E-state index contributed by atoms with van der Waals surface area (Å²) in [7, 11) is 1.83. The summed E-state index contributed by atoms with van der Waals surface area (Å²) in [5.74, 6) is 0.642. The van der Waals surface area contributed by atoms with E-state index in [0.29, 0.717) is 12.3 Å². The zero-order chi connectivity index (χ0) is 21.6. The van der Waals surface area contributed by atoms with E-state index in [9.17, 15) is 4.79 Å². The van der Waals surface area contributed by atoms with Gasteiger partial charge >= 0.3 is 0 Å². The van der Waals surface area contributed by atoms with Gasteiger partial charge in [-0.2, -0.15) is 0 Å². The van der Waals surface area contributed by atoms with Crippen molar-refractivity contribution in [1.82, 2.24) is 0 Å². The maximum absolute atomic E-state index is 10.7. The Balaban J connectivity index is 2.07. The van der Waals surface area contributed by atoms with Crippen molar-refractivity contribution >= 4 is 29.4 Å². The minimum Gasteiger partial charge on any atom is -0.356 e. The predicted octanol–water partition coefficient (Wildman–Crippen LogP) is 7.10. The normalized spacial score (nSPS) is 13.4. The van der Waals surface area contributed by atoms with E-state index >= 15 is 0 Å². The fraction of sp³-hybridized carbons (Fsp3) is 0.333. The van der Waals surface area contributed by atoms with E-state index in [2.05, 4.69) is 66.3 Å². The highest BCUT2D eigenvalue weighted by atomic mass is 16.1. The molecule has 3 nitrogen and oxygen atoms in total. The summed E-state index contributed by atoms with van der Waals surface area (Å²) in [6, 6.07) is 18.6. The van der Waals surface area contributed by atoms with Crippen molar-refractivity contribution in [3.05, 3.63) is 78.9 Å². The second-order valence-electron chi connectivity index (χ2n) is 7.58. The SMILES string of the molecule is C=C(CC(/C=N/C)C(/C=C\CC=O)CCCC)c1ccc(Nc2ccccc2)cc1. The van der Waals surface area contributed by atoms with Crippen LogP contribution in [0, 0.1) is 11.8 Å². The Morgan fingerprint density at radius 1 is 1.07 bits per heavy atom. The third-order valence-corrected chi connectivity index (χ3v) is 5.23. The number of benzene rings is 2. The second-order valence-corrected chi connectivity index (χ2v) is 7.58. The van der Waals surface area contributed by atoms with Crippen LogP contribution in [-0.4, -0.2) is 19.5 Å². The van der Waals surface area contributed by atoms with Gasteiger partial charge in [0.05, 0.1) is 0 Å². The van der Waals surface area contributed by atoms with Gasteiger partial charge < -0.3 is 15.1 Å². The molecule has 2 atom stereocenters. The number of hydrogen-bond acceptors (Lipinski definition) is 3. The zero-order valence-corrected chi connectivity index (χ0v) is 18.3. The predicted molar refractivity (Wildman–Crippen MR) is 131 cm³/mol. The van der Waals surface area contributed by atoms with Gasteiger partial charge in [0.2, 0.25) is 0 Å². The summed E-state index contributed by atoms with van der Waals surface area (Å²) < 4.78 is 0. The Hall–Kier alpha value is -2.94. The third kappa shape index (κ3) is 7.82. The molecule has 0 heterocycles. The molecule has 0 fully saturated rings. The van der Waals surface area contributed by atoms with Crippen LogP contribution in [0.25, 0.3) is 5.57 Å². The van der Waals surface area contributed by atoms with Crippen molar-refractivity contribution in [2.24, 2.45) is 16.8 Å². The first-order valence-electron chi connectivity index (χ1n) is 10.8. The molecule has 1 N–H and O–H groups in total. The maximum Gasteiger partial charge on any atom is 0.123 e. The van der Waals surface area contributed by atoms with Crippen molar-refractivity contribution in [3.63, 3.8) is 0 Å². The average molecular weight is 403 g/mol. The number of allylic oxidation sites excluding steroid dienone is 3. The van der Waals surface area contributed by atoms with Gasteiger partial charge in [-0.15, -0.1) is 0 Å². The van der Waals surface area contributed by atoms with Crippen LogP contribution >= 0.6 is 0 Å². The minimum absolute atomic E-state index is 0.277. The van der Waals surface area contributed by atoms with Gasteiger partial charge in [-0.1, -0.05) is 68.8 Å². The van der Waals surface area contributed by atoms with E-state index in [1.165, 1.54) is 0 Å². The lowest BCUT2D eigenvalue weighted by molar-refractivity contribution is -0.107. The molecule has 2 rings (SSSR count). The number of nitrogens with zero attached hydrogens (tertiary/aromatic N) is 1. The van der Waals surface area contributed by atoms with E-state index in [0.717, 1.165) is 54.5 Å². The van der Waals surface area contributed by atoms with Gasteiger partial charge in [-0.05, 0) is 54.2 Å².